The first kappa shape index (κ1) is 16.0. The number of carbonyl (C=O) groups excluding carboxylic acids is 1. The molecule has 1 unspecified atom stereocenters. The van der Waals surface area contributed by atoms with Gasteiger partial charge in [0.25, 0.3) is 5.91 Å². The third kappa shape index (κ3) is 3.40. The van der Waals surface area contributed by atoms with Gasteiger partial charge in [0.15, 0.2) is 0 Å². The van der Waals surface area contributed by atoms with Gasteiger partial charge in [-0.2, -0.15) is 15.0 Å². The number of nitrogens with zero attached hydrogens (tertiary/aromatic N) is 3. The van der Waals surface area contributed by atoms with Crippen LogP contribution in [0.3, 0.4) is 0 Å². The smallest absolute Gasteiger partial charge is 0.268 e. The van der Waals surface area contributed by atoms with Gasteiger partial charge in [-0.15, -0.1) is 0 Å². The zero-order valence-electron chi connectivity index (χ0n) is 14.0. The monoisotopic (exact) mass is 327 g/mol. The van der Waals surface area contributed by atoms with Gasteiger partial charge in [0.1, 0.15) is 11.4 Å². The summed E-state index contributed by atoms with van der Waals surface area (Å²) in [5, 5.41) is 12.2. The summed E-state index contributed by atoms with van der Waals surface area (Å²) in [6.07, 6.45) is 3.26. The van der Waals surface area contributed by atoms with Crippen molar-refractivity contribution in [1.82, 2.24) is 25.3 Å². The highest BCUT2D eigenvalue weighted by Crippen LogP contribution is 2.21. The number of aromatic amines is 1. The molecule has 0 radical (unpaired) electrons. The van der Waals surface area contributed by atoms with E-state index in [0.29, 0.717) is 12.2 Å². The van der Waals surface area contributed by atoms with E-state index in [-0.39, 0.29) is 17.9 Å². The summed E-state index contributed by atoms with van der Waals surface area (Å²) in [5.74, 6) is 0.863. The Morgan fingerprint density at radius 1 is 1.29 bits per heavy atom. The first-order valence-corrected chi connectivity index (χ1v) is 7.88. The minimum Gasteiger partial charge on any atom is -0.497 e. The highest BCUT2D eigenvalue weighted by molar-refractivity contribution is 5.98. The minimum atomic E-state index is -0.143. The molecular formula is C17H21N5O2. The molecule has 0 aliphatic heterocycles. The summed E-state index contributed by atoms with van der Waals surface area (Å²) in [6, 6.07) is 7.45. The quantitative estimate of drug-likeness (QED) is 0.727. The highest BCUT2D eigenvalue weighted by Gasteiger charge is 2.19. The summed E-state index contributed by atoms with van der Waals surface area (Å²) in [5.41, 5.74) is 1.40. The third-order valence-electron chi connectivity index (χ3n) is 4.02. The Labute approximate surface area is 140 Å². The number of carbonyl (C=O) groups is 1. The molecule has 0 aliphatic rings. The molecule has 7 heteroatoms. The first-order chi connectivity index (χ1) is 11.6. The Hall–Kier alpha value is -2.83. The molecule has 0 saturated carbocycles. The molecule has 126 valence electrons. The van der Waals surface area contributed by atoms with Crippen molar-refractivity contribution in [2.45, 2.75) is 26.4 Å². The SMILES string of the molecule is COc1ccc2cc(C(=O)NC(Cn3nccn3)C(C)C)[nH]c2c1. The standard InChI is InChI=1S/C17H21N5O2/c1-11(2)16(10-22-18-6-7-19-22)21-17(23)15-8-12-4-5-13(24-3)9-14(12)20-15/h4-9,11,16,20H,10H2,1-3H3,(H,21,23). The number of hydrogen-bond acceptors (Lipinski definition) is 4. The third-order valence-corrected chi connectivity index (χ3v) is 4.02. The van der Waals surface area contributed by atoms with Crippen molar-refractivity contribution in [1.29, 1.82) is 0 Å². The van der Waals surface area contributed by atoms with Crippen LogP contribution >= 0.6 is 0 Å². The lowest BCUT2D eigenvalue weighted by Crippen LogP contribution is -2.42. The Morgan fingerprint density at radius 2 is 2.04 bits per heavy atom. The minimum absolute atomic E-state index is 0.0640. The number of benzene rings is 1. The van der Waals surface area contributed by atoms with E-state index in [1.54, 1.807) is 24.3 Å². The van der Waals surface area contributed by atoms with Gasteiger partial charge >= 0.3 is 0 Å². The van der Waals surface area contributed by atoms with Gasteiger partial charge in [0.2, 0.25) is 0 Å². The van der Waals surface area contributed by atoms with Gasteiger partial charge in [-0.3, -0.25) is 4.79 Å². The van der Waals surface area contributed by atoms with Crippen molar-refractivity contribution in [2.75, 3.05) is 7.11 Å². The van der Waals surface area contributed by atoms with E-state index in [1.165, 1.54) is 0 Å². The van der Waals surface area contributed by atoms with Crippen molar-refractivity contribution in [3.8, 4) is 5.75 Å². The molecule has 3 aromatic rings. The van der Waals surface area contributed by atoms with Crippen molar-refractivity contribution in [2.24, 2.45) is 5.92 Å². The van der Waals surface area contributed by atoms with E-state index in [9.17, 15) is 4.79 Å². The van der Waals surface area contributed by atoms with Crippen LogP contribution in [0.1, 0.15) is 24.3 Å². The van der Waals surface area contributed by atoms with Gasteiger partial charge in [0.05, 0.1) is 32.1 Å². The lowest BCUT2D eigenvalue weighted by molar-refractivity contribution is 0.0913. The average Bonchev–Trinajstić information content (AvgIpc) is 3.22. The molecule has 1 atom stereocenters. The second-order valence-electron chi connectivity index (χ2n) is 6.04. The van der Waals surface area contributed by atoms with Crippen LogP contribution < -0.4 is 10.1 Å². The van der Waals surface area contributed by atoms with Crippen LogP contribution in [-0.4, -0.2) is 39.0 Å². The highest BCUT2D eigenvalue weighted by atomic mass is 16.5. The summed E-state index contributed by atoms with van der Waals surface area (Å²) >= 11 is 0. The van der Waals surface area contributed by atoms with Crippen LogP contribution in [0.4, 0.5) is 0 Å². The summed E-state index contributed by atoms with van der Waals surface area (Å²) < 4.78 is 5.21. The molecular weight excluding hydrogens is 306 g/mol. The number of ether oxygens (including phenoxy) is 1. The summed E-state index contributed by atoms with van der Waals surface area (Å²) in [7, 11) is 1.62. The normalized spacial score (nSPS) is 12.5. The van der Waals surface area contributed by atoms with Gasteiger partial charge in [-0.05, 0) is 24.1 Å². The van der Waals surface area contributed by atoms with Crippen LogP contribution in [-0.2, 0) is 6.54 Å². The number of methoxy groups -OCH3 is 1. The molecule has 0 fully saturated rings. The maximum atomic E-state index is 12.6. The van der Waals surface area contributed by atoms with Gasteiger partial charge in [-0.25, -0.2) is 0 Å². The second kappa shape index (κ2) is 6.74. The van der Waals surface area contributed by atoms with E-state index in [4.69, 9.17) is 4.74 Å². The van der Waals surface area contributed by atoms with Gasteiger partial charge < -0.3 is 15.0 Å². The predicted molar refractivity (Wildman–Crippen MR) is 91.0 cm³/mol. The summed E-state index contributed by atoms with van der Waals surface area (Å²) in [4.78, 5) is 17.3. The van der Waals surface area contributed by atoms with E-state index in [2.05, 4.69) is 34.3 Å². The molecule has 7 nitrogen and oxygen atoms in total. The second-order valence-corrected chi connectivity index (χ2v) is 6.04. The maximum absolute atomic E-state index is 12.6. The molecule has 2 aromatic heterocycles. The van der Waals surface area contributed by atoms with Gasteiger partial charge in [0, 0.05) is 17.0 Å². The van der Waals surface area contributed by atoms with Crippen LogP contribution in [0.25, 0.3) is 10.9 Å². The van der Waals surface area contributed by atoms with Crippen LogP contribution in [0.5, 0.6) is 5.75 Å². The van der Waals surface area contributed by atoms with Crippen molar-refractivity contribution < 1.29 is 9.53 Å². The number of hydrogen-bond donors (Lipinski definition) is 2. The molecule has 0 aliphatic carbocycles. The number of amides is 1. The molecule has 3 rings (SSSR count). The molecule has 1 amide bonds. The molecule has 24 heavy (non-hydrogen) atoms. The Bertz CT molecular complexity index is 823. The number of aromatic nitrogens is 4. The Balaban J connectivity index is 1.77. The lowest BCUT2D eigenvalue weighted by atomic mass is 10.0. The Kier molecular flexibility index (Phi) is 4.50. The lowest BCUT2D eigenvalue weighted by Gasteiger charge is -2.21. The fourth-order valence-electron chi connectivity index (χ4n) is 2.54. The van der Waals surface area contributed by atoms with Crippen LogP contribution in [0.15, 0.2) is 36.7 Å². The van der Waals surface area contributed by atoms with Crippen molar-refractivity contribution in [3.05, 3.63) is 42.4 Å². The van der Waals surface area contributed by atoms with E-state index < -0.39 is 0 Å². The van der Waals surface area contributed by atoms with E-state index >= 15 is 0 Å². The van der Waals surface area contributed by atoms with Crippen LogP contribution in [0, 0.1) is 5.92 Å². The fraction of sp³-hybridized carbons (Fsp3) is 0.353. The average molecular weight is 327 g/mol. The number of nitrogens with one attached hydrogen (secondary N) is 2. The topological polar surface area (TPSA) is 84.8 Å². The molecule has 0 spiro atoms. The zero-order chi connectivity index (χ0) is 17.1. The van der Waals surface area contributed by atoms with Crippen LogP contribution in [0.2, 0.25) is 0 Å². The largest absolute Gasteiger partial charge is 0.497 e. The fourth-order valence-corrected chi connectivity index (χ4v) is 2.54. The summed E-state index contributed by atoms with van der Waals surface area (Å²) in [6.45, 7) is 4.65. The zero-order valence-corrected chi connectivity index (χ0v) is 14.0. The molecule has 0 bridgehead atoms. The molecule has 1 aromatic carbocycles. The number of fused-ring (bicyclic) bond motifs is 1. The number of H-pyrrole nitrogens is 1. The van der Waals surface area contributed by atoms with Gasteiger partial charge in [-0.1, -0.05) is 13.8 Å². The van der Waals surface area contributed by atoms with E-state index in [0.717, 1.165) is 16.7 Å². The Morgan fingerprint density at radius 3 is 2.71 bits per heavy atom. The number of rotatable bonds is 6. The van der Waals surface area contributed by atoms with E-state index in [1.807, 2.05) is 24.3 Å². The first-order valence-electron chi connectivity index (χ1n) is 7.88. The van der Waals surface area contributed by atoms with Crippen molar-refractivity contribution >= 4 is 16.8 Å². The predicted octanol–water partition coefficient (Wildman–Crippen LogP) is 2.22. The van der Waals surface area contributed by atoms with Crippen molar-refractivity contribution in [3.63, 3.8) is 0 Å². The maximum Gasteiger partial charge on any atom is 0.268 e. The molecule has 2 heterocycles. The molecule has 0 saturated heterocycles. The molecule has 2 N–H and O–H groups in total.